The Balaban J connectivity index is 1.63. The number of alkyl halides is 3. The van der Waals surface area contributed by atoms with E-state index in [1.54, 1.807) is 13.1 Å². The number of carbonyl (C=O) groups excluding carboxylic acids is 1. The second kappa shape index (κ2) is 8.36. The van der Waals surface area contributed by atoms with Gasteiger partial charge in [0.05, 0.1) is 17.3 Å². The number of anilines is 2. The zero-order chi connectivity index (χ0) is 20.3. The Hall–Kier alpha value is -2.32. The summed E-state index contributed by atoms with van der Waals surface area (Å²) in [5.41, 5.74) is -1.25. The summed E-state index contributed by atoms with van der Waals surface area (Å²) in [5, 5.41) is 2.36. The van der Waals surface area contributed by atoms with E-state index in [9.17, 15) is 18.0 Å². The molecule has 150 valence electrons. The maximum atomic E-state index is 13.2. The summed E-state index contributed by atoms with van der Waals surface area (Å²) >= 11 is 5.68. The SMILES string of the molecule is C[C@@H](C(=O)Nc1ccc(Cl)cc1C(F)(F)F)N1CCN(c2ccccn2)CC1. The number of amides is 1. The van der Waals surface area contributed by atoms with Crippen LogP contribution in [0.5, 0.6) is 0 Å². The molecule has 2 heterocycles. The van der Waals surface area contributed by atoms with E-state index in [0.29, 0.717) is 26.2 Å². The molecule has 0 bridgehead atoms. The molecule has 2 aromatic rings. The minimum Gasteiger partial charge on any atom is -0.354 e. The van der Waals surface area contributed by atoms with E-state index < -0.39 is 23.7 Å². The zero-order valence-electron chi connectivity index (χ0n) is 15.2. The van der Waals surface area contributed by atoms with Gasteiger partial charge in [-0.25, -0.2) is 4.98 Å². The molecule has 1 N–H and O–H groups in total. The van der Waals surface area contributed by atoms with Gasteiger partial charge in [-0.3, -0.25) is 9.69 Å². The Bertz CT molecular complexity index is 824. The highest BCUT2D eigenvalue weighted by molar-refractivity contribution is 6.30. The largest absolute Gasteiger partial charge is 0.418 e. The molecule has 1 aromatic heterocycles. The van der Waals surface area contributed by atoms with Crippen molar-refractivity contribution in [1.82, 2.24) is 9.88 Å². The lowest BCUT2D eigenvalue weighted by molar-refractivity contribution is -0.137. The molecule has 0 radical (unpaired) electrons. The summed E-state index contributed by atoms with van der Waals surface area (Å²) < 4.78 is 39.6. The van der Waals surface area contributed by atoms with Gasteiger partial charge in [0, 0.05) is 37.4 Å². The summed E-state index contributed by atoms with van der Waals surface area (Å²) in [4.78, 5) is 20.9. The smallest absolute Gasteiger partial charge is 0.354 e. The number of benzene rings is 1. The van der Waals surface area contributed by atoms with Gasteiger partial charge in [0.25, 0.3) is 0 Å². The lowest BCUT2D eigenvalue weighted by Gasteiger charge is -2.38. The van der Waals surface area contributed by atoms with Crippen LogP contribution in [0.25, 0.3) is 0 Å². The van der Waals surface area contributed by atoms with Crippen molar-refractivity contribution in [2.45, 2.75) is 19.1 Å². The first-order valence-corrected chi connectivity index (χ1v) is 9.21. The fourth-order valence-electron chi connectivity index (χ4n) is 3.14. The summed E-state index contributed by atoms with van der Waals surface area (Å²) in [6.45, 7) is 4.28. The highest BCUT2D eigenvalue weighted by atomic mass is 35.5. The molecular formula is C19H20ClF3N4O. The predicted molar refractivity (Wildman–Crippen MR) is 103 cm³/mol. The van der Waals surface area contributed by atoms with Crippen LogP contribution in [0.3, 0.4) is 0 Å². The number of nitrogens with one attached hydrogen (secondary N) is 1. The van der Waals surface area contributed by atoms with E-state index in [4.69, 9.17) is 11.6 Å². The van der Waals surface area contributed by atoms with E-state index in [2.05, 4.69) is 15.2 Å². The first kappa shape index (κ1) is 20.4. The summed E-state index contributed by atoms with van der Waals surface area (Å²) in [5.74, 6) is 0.384. The minimum absolute atomic E-state index is 0.0379. The fourth-order valence-corrected chi connectivity index (χ4v) is 3.31. The van der Waals surface area contributed by atoms with E-state index in [1.807, 2.05) is 23.1 Å². The Labute approximate surface area is 166 Å². The van der Waals surface area contributed by atoms with Crippen molar-refractivity contribution in [3.63, 3.8) is 0 Å². The van der Waals surface area contributed by atoms with Gasteiger partial charge in [0.1, 0.15) is 5.82 Å². The molecule has 9 heteroatoms. The van der Waals surface area contributed by atoms with Crippen molar-refractivity contribution in [1.29, 1.82) is 0 Å². The second-order valence-corrected chi connectivity index (χ2v) is 7.00. The van der Waals surface area contributed by atoms with Gasteiger partial charge in [0.15, 0.2) is 0 Å². The quantitative estimate of drug-likeness (QED) is 0.827. The Morgan fingerprint density at radius 3 is 2.50 bits per heavy atom. The second-order valence-electron chi connectivity index (χ2n) is 6.56. The predicted octanol–water partition coefficient (Wildman–Crippen LogP) is 3.90. The highest BCUT2D eigenvalue weighted by Gasteiger charge is 2.35. The molecule has 0 saturated carbocycles. The van der Waals surface area contributed by atoms with Crippen LogP contribution >= 0.6 is 11.6 Å². The fraction of sp³-hybridized carbons (Fsp3) is 0.368. The number of halogens is 4. The summed E-state index contributed by atoms with van der Waals surface area (Å²) in [6, 6.07) is 8.42. The molecular weight excluding hydrogens is 393 g/mol. The molecule has 1 fully saturated rings. The number of hydrogen-bond donors (Lipinski definition) is 1. The normalized spacial score (nSPS) is 16.7. The highest BCUT2D eigenvalue weighted by Crippen LogP contribution is 2.36. The average Bonchev–Trinajstić information content (AvgIpc) is 2.68. The molecule has 1 atom stereocenters. The Morgan fingerprint density at radius 2 is 1.89 bits per heavy atom. The van der Waals surface area contributed by atoms with Crippen LogP contribution in [0.2, 0.25) is 5.02 Å². The molecule has 1 aromatic carbocycles. The van der Waals surface area contributed by atoms with E-state index in [1.165, 1.54) is 12.1 Å². The number of hydrogen-bond acceptors (Lipinski definition) is 4. The van der Waals surface area contributed by atoms with E-state index >= 15 is 0 Å². The van der Waals surface area contributed by atoms with Crippen LogP contribution in [-0.2, 0) is 11.0 Å². The standard InChI is InChI=1S/C19H20ClF3N4O/c1-13(26-8-10-27(11-9-26)17-4-2-3-7-24-17)18(28)25-16-6-5-14(20)12-15(16)19(21,22)23/h2-7,12-13H,8-11H2,1H3,(H,25,28)/t13-/m0/s1. The van der Waals surface area contributed by atoms with Crippen molar-refractivity contribution in [2.24, 2.45) is 0 Å². The van der Waals surface area contributed by atoms with Crippen LogP contribution in [-0.4, -0.2) is 48.0 Å². The molecule has 3 rings (SSSR count). The van der Waals surface area contributed by atoms with Crippen LogP contribution in [0.15, 0.2) is 42.6 Å². The Morgan fingerprint density at radius 1 is 1.18 bits per heavy atom. The topological polar surface area (TPSA) is 48.5 Å². The third-order valence-corrected chi connectivity index (χ3v) is 4.99. The Kier molecular flexibility index (Phi) is 6.10. The van der Waals surface area contributed by atoms with Crippen LogP contribution in [0, 0.1) is 0 Å². The number of piperazine rings is 1. The number of pyridine rings is 1. The van der Waals surface area contributed by atoms with Crippen LogP contribution in [0.4, 0.5) is 24.7 Å². The summed E-state index contributed by atoms with van der Waals surface area (Å²) in [7, 11) is 0. The third-order valence-electron chi connectivity index (χ3n) is 4.76. The molecule has 0 aliphatic carbocycles. The van der Waals surface area contributed by atoms with Gasteiger partial charge in [-0.15, -0.1) is 0 Å². The van der Waals surface area contributed by atoms with Crippen molar-refractivity contribution in [2.75, 3.05) is 36.4 Å². The lowest BCUT2D eigenvalue weighted by atomic mass is 10.1. The molecule has 5 nitrogen and oxygen atoms in total. The first-order valence-electron chi connectivity index (χ1n) is 8.83. The molecule has 0 spiro atoms. The summed E-state index contributed by atoms with van der Waals surface area (Å²) in [6.07, 6.45) is -2.88. The van der Waals surface area contributed by atoms with Crippen LogP contribution in [0.1, 0.15) is 12.5 Å². The number of nitrogens with zero attached hydrogens (tertiary/aromatic N) is 3. The molecule has 1 saturated heterocycles. The number of rotatable bonds is 4. The van der Waals surface area contributed by atoms with Crippen LogP contribution < -0.4 is 10.2 Å². The van der Waals surface area contributed by atoms with Gasteiger partial charge in [-0.2, -0.15) is 13.2 Å². The van der Waals surface area contributed by atoms with Crippen molar-refractivity contribution >= 4 is 29.0 Å². The van der Waals surface area contributed by atoms with Crippen molar-refractivity contribution in [3.8, 4) is 0 Å². The van der Waals surface area contributed by atoms with Gasteiger partial charge in [-0.05, 0) is 37.3 Å². The molecule has 1 aliphatic heterocycles. The van der Waals surface area contributed by atoms with Gasteiger partial charge < -0.3 is 10.2 Å². The van der Waals surface area contributed by atoms with Crippen molar-refractivity contribution in [3.05, 3.63) is 53.2 Å². The molecule has 1 amide bonds. The monoisotopic (exact) mass is 412 g/mol. The van der Waals surface area contributed by atoms with Gasteiger partial charge >= 0.3 is 6.18 Å². The van der Waals surface area contributed by atoms with Gasteiger partial charge in [0.2, 0.25) is 5.91 Å². The molecule has 0 unspecified atom stereocenters. The minimum atomic E-state index is -4.61. The number of carbonyl (C=O) groups is 1. The third kappa shape index (κ3) is 4.74. The van der Waals surface area contributed by atoms with E-state index in [0.717, 1.165) is 11.9 Å². The zero-order valence-corrected chi connectivity index (χ0v) is 16.0. The first-order chi connectivity index (χ1) is 13.3. The maximum absolute atomic E-state index is 13.2. The number of aromatic nitrogens is 1. The van der Waals surface area contributed by atoms with Crippen molar-refractivity contribution < 1.29 is 18.0 Å². The molecule has 1 aliphatic rings. The van der Waals surface area contributed by atoms with Gasteiger partial charge in [-0.1, -0.05) is 17.7 Å². The molecule has 28 heavy (non-hydrogen) atoms. The van der Waals surface area contributed by atoms with E-state index in [-0.39, 0.29) is 10.7 Å². The maximum Gasteiger partial charge on any atom is 0.418 e. The average molecular weight is 413 g/mol. The lowest BCUT2D eigenvalue weighted by Crippen LogP contribution is -2.53.